The van der Waals surface area contributed by atoms with Gasteiger partial charge >= 0.3 is 0 Å². The minimum Gasteiger partial charge on any atom is -0.338 e. The molecule has 0 unspecified atom stereocenters. The number of benzene rings is 2. The van der Waals surface area contributed by atoms with Gasteiger partial charge in [-0.05, 0) is 49.2 Å². The fourth-order valence-electron chi connectivity index (χ4n) is 3.19. The Kier molecular flexibility index (Phi) is 5.34. The van der Waals surface area contributed by atoms with Gasteiger partial charge in [-0.1, -0.05) is 24.3 Å². The Hall–Kier alpha value is -3.19. The zero-order chi connectivity index (χ0) is 19.3. The Balaban J connectivity index is 1.65. The molecule has 1 aliphatic rings. The monoisotopic (exact) mass is 375 g/mol. The molecule has 1 aromatic heterocycles. The van der Waals surface area contributed by atoms with Crippen LogP contribution >= 0.6 is 0 Å². The number of nitrogens with one attached hydrogen (secondary N) is 3. The van der Waals surface area contributed by atoms with Gasteiger partial charge in [0.05, 0.1) is 0 Å². The first-order valence-corrected chi connectivity index (χ1v) is 9.55. The minimum absolute atomic E-state index is 0.532. The van der Waals surface area contributed by atoms with E-state index in [0.29, 0.717) is 17.8 Å². The summed E-state index contributed by atoms with van der Waals surface area (Å²) in [6.45, 7) is 7.72. The number of anilines is 5. The van der Waals surface area contributed by atoms with Crippen molar-refractivity contribution in [3.8, 4) is 0 Å². The van der Waals surface area contributed by atoms with E-state index < -0.39 is 0 Å². The van der Waals surface area contributed by atoms with Crippen LogP contribution in [-0.2, 0) is 0 Å². The molecule has 0 amide bonds. The third-order valence-electron chi connectivity index (χ3n) is 4.57. The molecule has 3 aromatic rings. The van der Waals surface area contributed by atoms with Crippen LogP contribution in [0.1, 0.15) is 11.1 Å². The van der Waals surface area contributed by atoms with Crippen LogP contribution in [0.3, 0.4) is 0 Å². The van der Waals surface area contributed by atoms with Gasteiger partial charge in [-0.15, -0.1) is 0 Å². The van der Waals surface area contributed by atoms with Crippen molar-refractivity contribution in [2.45, 2.75) is 13.8 Å². The largest absolute Gasteiger partial charge is 0.338 e. The fourth-order valence-corrected chi connectivity index (χ4v) is 3.19. The first kappa shape index (κ1) is 18.2. The smallest absolute Gasteiger partial charge is 0.233 e. The van der Waals surface area contributed by atoms with Crippen LogP contribution < -0.4 is 20.9 Å². The highest BCUT2D eigenvalue weighted by atomic mass is 15.3. The highest BCUT2D eigenvalue weighted by Gasteiger charge is 2.16. The van der Waals surface area contributed by atoms with E-state index in [1.807, 2.05) is 24.3 Å². The summed E-state index contributed by atoms with van der Waals surface area (Å²) in [6.07, 6.45) is 0. The predicted molar refractivity (Wildman–Crippen MR) is 114 cm³/mol. The van der Waals surface area contributed by atoms with Gasteiger partial charge in [-0.3, -0.25) is 0 Å². The summed E-state index contributed by atoms with van der Waals surface area (Å²) in [7, 11) is 0. The van der Waals surface area contributed by atoms with Crippen molar-refractivity contribution in [1.82, 2.24) is 20.3 Å². The molecule has 3 N–H and O–H groups in total. The van der Waals surface area contributed by atoms with Crippen LogP contribution in [0.5, 0.6) is 0 Å². The van der Waals surface area contributed by atoms with Crippen LogP contribution in [0.15, 0.2) is 48.5 Å². The second-order valence-electron chi connectivity index (χ2n) is 7.01. The van der Waals surface area contributed by atoms with Crippen LogP contribution in [0, 0.1) is 13.8 Å². The molecule has 7 nitrogen and oxygen atoms in total. The number of rotatable bonds is 5. The summed E-state index contributed by atoms with van der Waals surface area (Å²) in [5.41, 5.74) is 4.27. The average Bonchev–Trinajstić information content (AvgIpc) is 2.68. The highest BCUT2D eigenvalue weighted by Crippen LogP contribution is 2.21. The fraction of sp³-hybridized carbons (Fsp3) is 0.286. The van der Waals surface area contributed by atoms with E-state index in [0.717, 1.165) is 37.6 Å². The van der Waals surface area contributed by atoms with Gasteiger partial charge in [0.25, 0.3) is 0 Å². The first-order valence-electron chi connectivity index (χ1n) is 9.55. The van der Waals surface area contributed by atoms with Gasteiger partial charge < -0.3 is 20.9 Å². The molecule has 0 radical (unpaired) electrons. The Morgan fingerprint density at radius 2 is 1.32 bits per heavy atom. The summed E-state index contributed by atoms with van der Waals surface area (Å²) in [4.78, 5) is 16.1. The van der Waals surface area contributed by atoms with Gasteiger partial charge in [0.15, 0.2) is 0 Å². The van der Waals surface area contributed by atoms with Gasteiger partial charge in [-0.25, -0.2) is 0 Å². The Bertz CT molecular complexity index is 885. The van der Waals surface area contributed by atoms with Crippen LogP contribution in [0.25, 0.3) is 0 Å². The minimum atomic E-state index is 0.532. The SMILES string of the molecule is Cc1cccc(Nc2nc(Nc3cccc(C)c3)nc(N3CCNCC3)n2)c1. The predicted octanol–water partition coefficient (Wildman–Crippen LogP) is 3.39. The number of aromatic nitrogens is 3. The molecular weight excluding hydrogens is 350 g/mol. The lowest BCUT2D eigenvalue weighted by Crippen LogP contribution is -2.44. The lowest BCUT2D eigenvalue weighted by molar-refractivity contribution is 0.579. The molecule has 144 valence electrons. The van der Waals surface area contributed by atoms with Crippen molar-refractivity contribution < 1.29 is 0 Å². The number of hydrogen-bond donors (Lipinski definition) is 3. The lowest BCUT2D eigenvalue weighted by Gasteiger charge is -2.27. The number of nitrogens with zero attached hydrogens (tertiary/aromatic N) is 4. The third-order valence-corrected chi connectivity index (χ3v) is 4.57. The summed E-state index contributed by atoms with van der Waals surface area (Å²) < 4.78 is 0. The van der Waals surface area contributed by atoms with Crippen LogP contribution in [-0.4, -0.2) is 41.1 Å². The second kappa shape index (κ2) is 8.22. The van der Waals surface area contributed by atoms with Gasteiger partial charge in [0.1, 0.15) is 0 Å². The molecule has 0 saturated carbocycles. The van der Waals surface area contributed by atoms with Crippen molar-refractivity contribution in [2.75, 3.05) is 41.7 Å². The van der Waals surface area contributed by atoms with Crippen molar-refractivity contribution in [3.05, 3.63) is 59.7 Å². The van der Waals surface area contributed by atoms with Crippen LogP contribution in [0.4, 0.5) is 29.2 Å². The number of piperazine rings is 1. The molecule has 1 fully saturated rings. The van der Waals surface area contributed by atoms with E-state index in [9.17, 15) is 0 Å². The third kappa shape index (κ3) is 4.55. The Labute approximate surface area is 165 Å². The maximum atomic E-state index is 4.67. The molecule has 0 aliphatic carbocycles. The van der Waals surface area contributed by atoms with Gasteiger partial charge in [0.2, 0.25) is 17.8 Å². The zero-order valence-electron chi connectivity index (χ0n) is 16.2. The summed E-state index contributed by atoms with van der Waals surface area (Å²) >= 11 is 0. The van der Waals surface area contributed by atoms with E-state index in [4.69, 9.17) is 0 Å². The van der Waals surface area contributed by atoms with Gasteiger partial charge in [-0.2, -0.15) is 15.0 Å². The van der Waals surface area contributed by atoms with E-state index in [1.165, 1.54) is 11.1 Å². The van der Waals surface area contributed by atoms with Crippen molar-refractivity contribution in [3.63, 3.8) is 0 Å². The molecule has 0 bridgehead atoms. The van der Waals surface area contributed by atoms with Crippen molar-refractivity contribution >= 4 is 29.2 Å². The van der Waals surface area contributed by atoms with E-state index in [2.05, 4.69) is 73.9 Å². The molecule has 1 saturated heterocycles. The molecule has 28 heavy (non-hydrogen) atoms. The molecule has 1 aliphatic heterocycles. The maximum absolute atomic E-state index is 4.67. The molecule has 4 rings (SSSR count). The maximum Gasteiger partial charge on any atom is 0.233 e. The lowest BCUT2D eigenvalue weighted by atomic mass is 10.2. The Morgan fingerprint density at radius 1 is 0.786 bits per heavy atom. The molecule has 7 heteroatoms. The van der Waals surface area contributed by atoms with Crippen molar-refractivity contribution in [1.29, 1.82) is 0 Å². The number of hydrogen-bond acceptors (Lipinski definition) is 7. The molecular formula is C21H25N7. The zero-order valence-corrected chi connectivity index (χ0v) is 16.2. The average molecular weight is 375 g/mol. The van der Waals surface area contributed by atoms with Gasteiger partial charge in [0, 0.05) is 37.6 Å². The van der Waals surface area contributed by atoms with Crippen LogP contribution in [0.2, 0.25) is 0 Å². The first-order chi connectivity index (χ1) is 13.7. The number of aryl methyl sites for hydroxylation is 2. The highest BCUT2D eigenvalue weighted by molar-refractivity contribution is 5.60. The summed E-state index contributed by atoms with van der Waals surface area (Å²) in [5.74, 6) is 1.75. The molecule has 2 aromatic carbocycles. The van der Waals surface area contributed by atoms with E-state index >= 15 is 0 Å². The summed E-state index contributed by atoms with van der Waals surface area (Å²) in [5, 5.41) is 10.00. The molecule has 2 heterocycles. The van der Waals surface area contributed by atoms with E-state index in [-0.39, 0.29) is 0 Å². The van der Waals surface area contributed by atoms with Crippen molar-refractivity contribution in [2.24, 2.45) is 0 Å². The molecule has 0 spiro atoms. The summed E-state index contributed by atoms with van der Waals surface area (Å²) in [6, 6.07) is 16.3. The Morgan fingerprint density at radius 3 is 1.82 bits per heavy atom. The quantitative estimate of drug-likeness (QED) is 0.631. The standard InChI is InChI=1S/C21H25N7/c1-15-5-3-7-17(13-15)23-19-25-20(24-18-8-4-6-16(2)14-18)27-21(26-19)28-11-9-22-10-12-28/h3-8,13-14,22H,9-12H2,1-2H3,(H2,23,24,25,26,27). The second-order valence-corrected chi connectivity index (χ2v) is 7.01. The normalized spacial score (nSPS) is 14.0. The molecule has 0 atom stereocenters. The topological polar surface area (TPSA) is 78.0 Å². The van der Waals surface area contributed by atoms with E-state index in [1.54, 1.807) is 0 Å².